The number of anilines is 1. The molecule has 0 fully saturated rings. The number of halogens is 2. The van der Waals surface area contributed by atoms with Crippen LogP contribution < -0.4 is 10.1 Å². The highest BCUT2D eigenvalue weighted by Gasteiger charge is 2.18. The number of rotatable bonds is 10. The fourth-order valence-corrected chi connectivity index (χ4v) is 5.96. The summed E-state index contributed by atoms with van der Waals surface area (Å²) in [7, 11) is 0. The zero-order valence-corrected chi connectivity index (χ0v) is 23.9. The standard InChI is InChI=1S/C28H23Cl2N5O2S2/c1-2-37-20-13-11-18(12-14-20)26-33-34-28(35(26)19-7-4-3-5-8-19)38-17-25(36)32-27-31-16-21(39-27)15-22-23(29)9-6-10-24(22)30/h3-14,16H,2,15,17H2,1H3,(H,31,32,36). The van der Waals surface area contributed by atoms with Crippen molar-refractivity contribution in [1.82, 2.24) is 19.7 Å². The summed E-state index contributed by atoms with van der Waals surface area (Å²) in [5.41, 5.74) is 2.62. The minimum atomic E-state index is -0.193. The van der Waals surface area contributed by atoms with Gasteiger partial charge in [0, 0.05) is 38.8 Å². The maximum Gasteiger partial charge on any atom is 0.236 e. The molecule has 0 saturated carbocycles. The lowest BCUT2D eigenvalue weighted by Crippen LogP contribution is -2.14. The number of hydrogen-bond acceptors (Lipinski definition) is 7. The summed E-state index contributed by atoms with van der Waals surface area (Å²) in [6, 6.07) is 23.0. The van der Waals surface area contributed by atoms with Gasteiger partial charge in [0.2, 0.25) is 5.91 Å². The molecule has 0 aliphatic heterocycles. The first-order valence-corrected chi connectivity index (χ1v) is 14.6. The van der Waals surface area contributed by atoms with Crippen LogP contribution in [0.1, 0.15) is 17.4 Å². The molecule has 0 spiro atoms. The van der Waals surface area contributed by atoms with Gasteiger partial charge in [0.15, 0.2) is 16.1 Å². The van der Waals surface area contributed by atoms with Crippen molar-refractivity contribution < 1.29 is 9.53 Å². The van der Waals surface area contributed by atoms with Crippen LogP contribution in [0.4, 0.5) is 5.13 Å². The molecule has 0 saturated heterocycles. The monoisotopic (exact) mass is 595 g/mol. The minimum absolute atomic E-state index is 0.138. The first kappa shape index (κ1) is 27.2. The Balaban J connectivity index is 1.29. The molecule has 198 valence electrons. The SMILES string of the molecule is CCOc1ccc(-c2nnc(SCC(=O)Nc3ncc(Cc4c(Cl)cccc4Cl)s3)n2-c2ccccc2)cc1. The number of carbonyl (C=O) groups excluding carboxylic acids is 1. The van der Waals surface area contributed by atoms with E-state index >= 15 is 0 Å². The predicted molar refractivity (Wildman–Crippen MR) is 159 cm³/mol. The van der Waals surface area contributed by atoms with Crippen molar-refractivity contribution in [3.05, 3.63) is 99.5 Å². The molecule has 5 rings (SSSR count). The van der Waals surface area contributed by atoms with Gasteiger partial charge in [-0.25, -0.2) is 4.98 Å². The van der Waals surface area contributed by atoms with Gasteiger partial charge in [-0.05, 0) is 61.0 Å². The zero-order valence-electron chi connectivity index (χ0n) is 20.8. The molecule has 0 bridgehead atoms. The second kappa shape index (κ2) is 12.7. The Labute approximate surface area is 244 Å². The van der Waals surface area contributed by atoms with Crippen molar-refractivity contribution >= 4 is 57.3 Å². The van der Waals surface area contributed by atoms with E-state index in [1.54, 1.807) is 18.3 Å². The van der Waals surface area contributed by atoms with Crippen LogP contribution in [-0.4, -0.2) is 38.0 Å². The number of amides is 1. The van der Waals surface area contributed by atoms with Crippen LogP contribution in [0.3, 0.4) is 0 Å². The Bertz CT molecular complexity index is 1550. The van der Waals surface area contributed by atoms with E-state index in [0.29, 0.717) is 39.2 Å². The van der Waals surface area contributed by atoms with Crippen LogP contribution in [0.2, 0.25) is 10.0 Å². The average Bonchev–Trinajstić information content (AvgIpc) is 3.57. The Morgan fingerprint density at radius 3 is 2.46 bits per heavy atom. The highest BCUT2D eigenvalue weighted by atomic mass is 35.5. The van der Waals surface area contributed by atoms with Gasteiger partial charge in [0.25, 0.3) is 0 Å². The summed E-state index contributed by atoms with van der Waals surface area (Å²) >= 11 is 15.3. The predicted octanol–water partition coefficient (Wildman–Crippen LogP) is 7.42. The third-order valence-corrected chi connectivity index (χ3v) is 8.17. The molecule has 0 unspecified atom stereocenters. The van der Waals surface area contributed by atoms with Crippen LogP contribution in [-0.2, 0) is 11.2 Å². The van der Waals surface area contributed by atoms with E-state index in [9.17, 15) is 4.79 Å². The molecule has 0 atom stereocenters. The van der Waals surface area contributed by atoms with Crippen molar-refractivity contribution in [2.24, 2.45) is 0 Å². The summed E-state index contributed by atoms with van der Waals surface area (Å²) in [5.74, 6) is 1.41. The van der Waals surface area contributed by atoms with E-state index in [-0.39, 0.29) is 11.7 Å². The number of ether oxygens (including phenoxy) is 1. The number of carbonyl (C=O) groups is 1. The largest absolute Gasteiger partial charge is 0.494 e. The second-order valence-corrected chi connectivity index (χ2v) is 11.2. The second-order valence-electron chi connectivity index (χ2n) is 8.28. The summed E-state index contributed by atoms with van der Waals surface area (Å²) < 4.78 is 7.51. The third kappa shape index (κ3) is 6.62. The first-order valence-electron chi connectivity index (χ1n) is 12.1. The quantitative estimate of drug-likeness (QED) is 0.169. The van der Waals surface area contributed by atoms with Gasteiger partial charge in [0.05, 0.1) is 12.4 Å². The number of para-hydroxylation sites is 1. The number of nitrogens with one attached hydrogen (secondary N) is 1. The van der Waals surface area contributed by atoms with Gasteiger partial charge in [-0.1, -0.05) is 59.2 Å². The number of thiazole rings is 1. The van der Waals surface area contributed by atoms with Crippen LogP contribution in [0.25, 0.3) is 17.1 Å². The van der Waals surface area contributed by atoms with Gasteiger partial charge in [-0.3, -0.25) is 9.36 Å². The maximum absolute atomic E-state index is 12.8. The summed E-state index contributed by atoms with van der Waals surface area (Å²) in [5, 5.41) is 14.0. The first-order chi connectivity index (χ1) is 19.0. The maximum atomic E-state index is 12.8. The fraction of sp³-hybridized carbons (Fsp3) is 0.143. The zero-order chi connectivity index (χ0) is 27.2. The molecule has 2 aromatic heterocycles. The lowest BCUT2D eigenvalue weighted by Gasteiger charge is -2.11. The molecule has 2 heterocycles. The molecule has 1 amide bonds. The van der Waals surface area contributed by atoms with E-state index in [1.165, 1.54) is 23.1 Å². The van der Waals surface area contributed by atoms with Crippen molar-refractivity contribution in [2.75, 3.05) is 17.7 Å². The average molecular weight is 597 g/mol. The molecule has 5 aromatic rings. The van der Waals surface area contributed by atoms with Crippen molar-refractivity contribution in [1.29, 1.82) is 0 Å². The number of nitrogens with zero attached hydrogens (tertiary/aromatic N) is 4. The fourth-order valence-electron chi connectivity index (χ4n) is 3.84. The molecule has 7 nitrogen and oxygen atoms in total. The highest BCUT2D eigenvalue weighted by Crippen LogP contribution is 2.31. The Hall–Kier alpha value is -3.37. The lowest BCUT2D eigenvalue weighted by molar-refractivity contribution is -0.113. The Morgan fingerprint density at radius 1 is 1.00 bits per heavy atom. The van der Waals surface area contributed by atoms with Crippen molar-refractivity contribution in [3.8, 4) is 22.8 Å². The number of benzene rings is 3. The van der Waals surface area contributed by atoms with Gasteiger partial charge < -0.3 is 10.1 Å². The van der Waals surface area contributed by atoms with E-state index in [0.717, 1.165) is 27.4 Å². The van der Waals surface area contributed by atoms with Gasteiger partial charge in [-0.15, -0.1) is 21.5 Å². The Kier molecular flexibility index (Phi) is 8.83. The molecule has 1 N–H and O–H groups in total. The summed E-state index contributed by atoms with van der Waals surface area (Å²) in [6.07, 6.45) is 2.26. The van der Waals surface area contributed by atoms with Crippen molar-refractivity contribution in [2.45, 2.75) is 18.5 Å². The molecule has 0 aliphatic carbocycles. The van der Waals surface area contributed by atoms with Crippen LogP contribution in [0.5, 0.6) is 5.75 Å². The Morgan fingerprint density at radius 2 is 1.74 bits per heavy atom. The molecule has 11 heteroatoms. The normalized spacial score (nSPS) is 10.9. The van der Waals surface area contributed by atoms with Crippen LogP contribution in [0, 0.1) is 0 Å². The van der Waals surface area contributed by atoms with E-state index in [4.69, 9.17) is 27.9 Å². The molecular formula is C28H23Cl2N5O2S2. The van der Waals surface area contributed by atoms with Crippen LogP contribution in [0.15, 0.2) is 84.1 Å². The number of hydrogen-bond donors (Lipinski definition) is 1. The molecule has 0 aliphatic rings. The highest BCUT2D eigenvalue weighted by molar-refractivity contribution is 7.99. The molecule has 39 heavy (non-hydrogen) atoms. The van der Waals surface area contributed by atoms with E-state index in [2.05, 4.69) is 20.5 Å². The van der Waals surface area contributed by atoms with Gasteiger partial charge in [0.1, 0.15) is 5.75 Å². The molecule has 3 aromatic carbocycles. The van der Waals surface area contributed by atoms with Crippen molar-refractivity contribution in [3.63, 3.8) is 0 Å². The third-order valence-electron chi connectivity index (χ3n) is 5.62. The lowest BCUT2D eigenvalue weighted by atomic mass is 10.1. The number of thioether (sulfide) groups is 1. The van der Waals surface area contributed by atoms with Gasteiger partial charge in [-0.2, -0.15) is 0 Å². The van der Waals surface area contributed by atoms with Gasteiger partial charge >= 0.3 is 0 Å². The molecular weight excluding hydrogens is 573 g/mol. The van der Waals surface area contributed by atoms with Crippen LogP contribution >= 0.6 is 46.3 Å². The molecule has 0 radical (unpaired) electrons. The number of aromatic nitrogens is 4. The summed E-state index contributed by atoms with van der Waals surface area (Å²) in [4.78, 5) is 18.1. The van der Waals surface area contributed by atoms with E-state index in [1.807, 2.05) is 72.2 Å². The summed E-state index contributed by atoms with van der Waals surface area (Å²) in [6.45, 7) is 2.55. The minimum Gasteiger partial charge on any atom is -0.494 e. The van der Waals surface area contributed by atoms with E-state index < -0.39 is 0 Å². The topological polar surface area (TPSA) is 81.9 Å². The smallest absolute Gasteiger partial charge is 0.236 e.